The van der Waals surface area contributed by atoms with Gasteiger partial charge in [0.15, 0.2) is 0 Å². The number of carbonyl (C=O) groups excluding carboxylic acids is 1. The number of imidazole rings is 1. The number of rotatable bonds is 10. The fraction of sp³-hybridized carbons (Fsp3) is 0.267. The number of carbonyl (C=O) groups is 1. The highest BCUT2D eigenvalue weighted by Gasteiger charge is 2.21. The number of aromatic nitrogens is 2. The van der Waals surface area contributed by atoms with E-state index in [-0.39, 0.29) is 12.6 Å². The Kier molecular flexibility index (Phi) is 7.74. The molecule has 196 valence electrons. The molecule has 38 heavy (non-hydrogen) atoms. The predicted octanol–water partition coefficient (Wildman–Crippen LogP) is 6.94. The summed E-state index contributed by atoms with van der Waals surface area (Å²) in [6, 6.07) is 24.3. The van der Waals surface area contributed by atoms with Crippen LogP contribution in [0.4, 0.5) is 5.69 Å². The molecule has 4 aromatic rings. The first-order valence-corrected chi connectivity index (χ1v) is 16.5. The predicted molar refractivity (Wildman–Crippen MR) is 151 cm³/mol. The largest absolute Gasteiger partial charge is 0.457 e. The Labute approximate surface area is 224 Å². The van der Waals surface area contributed by atoms with E-state index in [0.29, 0.717) is 37.1 Å². The van der Waals surface area contributed by atoms with Crippen LogP contribution in [-0.2, 0) is 29.4 Å². The van der Waals surface area contributed by atoms with Crippen molar-refractivity contribution in [3.05, 3.63) is 95.9 Å². The Balaban J connectivity index is 1.40. The van der Waals surface area contributed by atoms with Gasteiger partial charge in [-0.25, -0.2) is 4.98 Å². The molecule has 0 spiro atoms. The van der Waals surface area contributed by atoms with Gasteiger partial charge in [-0.2, -0.15) is 0 Å². The summed E-state index contributed by atoms with van der Waals surface area (Å²) in [6.45, 7) is 8.98. The minimum Gasteiger partial charge on any atom is -0.457 e. The monoisotopic (exact) mass is 527 g/mol. The van der Waals surface area contributed by atoms with Crippen LogP contribution in [0.1, 0.15) is 21.7 Å². The summed E-state index contributed by atoms with van der Waals surface area (Å²) in [5.74, 6) is 1.46. The number of nitrogens with zero attached hydrogens (tertiary/aromatic N) is 2. The quantitative estimate of drug-likeness (QED) is 0.179. The van der Waals surface area contributed by atoms with Crippen LogP contribution in [0.2, 0.25) is 25.7 Å². The second-order valence-electron chi connectivity index (χ2n) is 10.6. The Hall–Kier alpha value is -3.72. The van der Waals surface area contributed by atoms with E-state index < -0.39 is 8.07 Å². The van der Waals surface area contributed by atoms with Crippen molar-refractivity contribution in [2.45, 2.75) is 45.6 Å². The molecule has 0 atom stereocenters. The van der Waals surface area contributed by atoms with Crippen molar-refractivity contribution < 1.29 is 19.0 Å². The first-order valence-electron chi connectivity index (χ1n) is 12.8. The standard InChI is InChI=1S/C30H33N3O4Si/c1-38(2,3)15-14-35-21-33-28(22-8-7-11-27(17-22)37-26-9-5-4-6-10-26)18-31-29(33)30(34)32-25-13-12-23-19-36-20-24(23)16-25/h4-13,16-18H,14-15,19-21H2,1-3H3,(H,32,34). The van der Waals surface area contributed by atoms with Crippen LogP contribution in [0.25, 0.3) is 11.3 Å². The summed E-state index contributed by atoms with van der Waals surface area (Å²) in [6.07, 6.45) is 1.72. The lowest BCUT2D eigenvalue weighted by Crippen LogP contribution is -2.23. The van der Waals surface area contributed by atoms with E-state index in [9.17, 15) is 4.79 Å². The molecule has 0 fully saturated rings. The van der Waals surface area contributed by atoms with E-state index in [2.05, 4.69) is 29.9 Å². The van der Waals surface area contributed by atoms with Gasteiger partial charge in [0, 0.05) is 25.9 Å². The molecule has 7 nitrogen and oxygen atoms in total. The van der Waals surface area contributed by atoms with Gasteiger partial charge in [-0.3, -0.25) is 9.36 Å². The molecule has 5 rings (SSSR count). The Bertz CT molecular complexity index is 1410. The summed E-state index contributed by atoms with van der Waals surface area (Å²) in [5, 5.41) is 3.00. The average molecular weight is 528 g/mol. The van der Waals surface area contributed by atoms with Crippen molar-refractivity contribution in [2.75, 3.05) is 11.9 Å². The number of ether oxygens (including phenoxy) is 3. The summed E-state index contributed by atoms with van der Waals surface area (Å²) in [5.41, 5.74) is 4.63. The first-order chi connectivity index (χ1) is 18.4. The molecule has 8 heteroatoms. The van der Waals surface area contributed by atoms with Crippen molar-refractivity contribution in [1.29, 1.82) is 0 Å². The Morgan fingerprint density at radius 2 is 1.76 bits per heavy atom. The van der Waals surface area contributed by atoms with E-state index in [4.69, 9.17) is 14.2 Å². The maximum atomic E-state index is 13.4. The van der Waals surface area contributed by atoms with Crippen LogP contribution in [0.5, 0.6) is 11.5 Å². The zero-order chi connectivity index (χ0) is 26.5. The van der Waals surface area contributed by atoms with Gasteiger partial charge in [-0.1, -0.05) is 56.0 Å². The number of amides is 1. The third kappa shape index (κ3) is 6.39. The Morgan fingerprint density at radius 1 is 0.974 bits per heavy atom. The second kappa shape index (κ2) is 11.3. The van der Waals surface area contributed by atoms with Crippen molar-refractivity contribution in [3.63, 3.8) is 0 Å². The molecular weight excluding hydrogens is 494 g/mol. The topological polar surface area (TPSA) is 74.6 Å². The SMILES string of the molecule is C[Si](C)(C)CCOCn1c(-c2cccc(Oc3ccccc3)c2)cnc1C(=O)Nc1ccc2c(c1)COC2. The Morgan fingerprint density at radius 3 is 2.58 bits per heavy atom. The third-order valence-electron chi connectivity index (χ3n) is 6.36. The molecule has 0 unspecified atom stereocenters. The van der Waals surface area contributed by atoms with Crippen LogP contribution < -0.4 is 10.1 Å². The van der Waals surface area contributed by atoms with Crippen molar-refractivity contribution in [3.8, 4) is 22.8 Å². The third-order valence-corrected chi connectivity index (χ3v) is 8.07. The lowest BCUT2D eigenvalue weighted by atomic mass is 10.1. The van der Waals surface area contributed by atoms with Gasteiger partial charge in [0.2, 0.25) is 5.82 Å². The normalized spacial score (nSPS) is 12.8. The van der Waals surface area contributed by atoms with E-state index >= 15 is 0 Å². The van der Waals surface area contributed by atoms with Gasteiger partial charge in [0.1, 0.15) is 18.2 Å². The molecule has 0 bridgehead atoms. The second-order valence-corrected chi connectivity index (χ2v) is 16.2. The summed E-state index contributed by atoms with van der Waals surface area (Å²) >= 11 is 0. The number of para-hydroxylation sites is 1. The highest BCUT2D eigenvalue weighted by molar-refractivity contribution is 6.76. The fourth-order valence-electron chi connectivity index (χ4n) is 4.23. The number of fused-ring (bicyclic) bond motifs is 1. The summed E-state index contributed by atoms with van der Waals surface area (Å²) in [4.78, 5) is 17.9. The van der Waals surface area contributed by atoms with E-state index in [1.165, 1.54) is 0 Å². The molecule has 2 heterocycles. The zero-order valence-corrected chi connectivity index (χ0v) is 23.1. The van der Waals surface area contributed by atoms with Crippen LogP contribution in [0, 0.1) is 0 Å². The molecule has 1 aliphatic rings. The van der Waals surface area contributed by atoms with E-state index in [1.54, 1.807) is 6.20 Å². The van der Waals surface area contributed by atoms with Crippen molar-refractivity contribution in [2.24, 2.45) is 0 Å². The molecule has 1 aromatic heterocycles. The van der Waals surface area contributed by atoms with E-state index in [1.807, 2.05) is 77.4 Å². The molecule has 1 aliphatic heterocycles. The minimum atomic E-state index is -1.25. The molecule has 0 saturated carbocycles. The molecule has 0 radical (unpaired) electrons. The molecule has 0 saturated heterocycles. The van der Waals surface area contributed by atoms with Gasteiger partial charge < -0.3 is 19.5 Å². The fourth-order valence-corrected chi connectivity index (χ4v) is 4.99. The maximum absolute atomic E-state index is 13.4. The maximum Gasteiger partial charge on any atom is 0.291 e. The number of benzene rings is 3. The van der Waals surface area contributed by atoms with Gasteiger partial charge in [0.05, 0.1) is 25.1 Å². The highest BCUT2D eigenvalue weighted by Crippen LogP contribution is 2.29. The van der Waals surface area contributed by atoms with Crippen molar-refractivity contribution in [1.82, 2.24) is 9.55 Å². The minimum absolute atomic E-state index is 0.227. The van der Waals surface area contributed by atoms with Gasteiger partial charge in [0.25, 0.3) is 5.91 Å². The van der Waals surface area contributed by atoms with Crippen LogP contribution >= 0.6 is 0 Å². The van der Waals surface area contributed by atoms with Crippen LogP contribution in [0.3, 0.4) is 0 Å². The number of hydrogen-bond donors (Lipinski definition) is 1. The molecule has 3 aromatic carbocycles. The lowest BCUT2D eigenvalue weighted by Gasteiger charge is -2.17. The highest BCUT2D eigenvalue weighted by atomic mass is 28.3. The van der Waals surface area contributed by atoms with Gasteiger partial charge >= 0.3 is 0 Å². The number of hydrogen-bond acceptors (Lipinski definition) is 5. The number of anilines is 1. The molecule has 1 amide bonds. The summed E-state index contributed by atoms with van der Waals surface area (Å²) < 4.78 is 19.4. The number of nitrogens with one attached hydrogen (secondary N) is 1. The van der Waals surface area contributed by atoms with Gasteiger partial charge in [-0.05, 0) is 53.6 Å². The average Bonchev–Trinajstić information content (AvgIpc) is 3.54. The molecular formula is C30H33N3O4Si. The summed E-state index contributed by atoms with van der Waals surface area (Å²) in [7, 11) is -1.25. The van der Waals surface area contributed by atoms with E-state index in [0.717, 1.165) is 34.2 Å². The molecule has 0 aliphatic carbocycles. The smallest absolute Gasteiger partial charge is 0.291 e. The van der Waals surface area contributed by atoms with Crippen LogP contribution in [-0.4, -0.2) is 30.1 Å². The molecule has 1 N–H and O–H groups in total. The lowest BCUT2D eigenvalue weighted by molar-refractivity contribution is 0.0817. The first kappa shape index (κ1) is 25.9. The van der Waals surface area contributed by atoms with Crippen LogP contribution in [0.15, 0.2) is 79.0 Å². The van der Waals surface area contributed by atoms with Gasteiger partial charge in [-0.15, -0.1) is 0 Å². The van der Waals surface area contributed by atoms with Crippen molar-refractivity contribution >= 4 is 19.7 Å². The zero-order valence-electron chi connectivity index (χ0n) is 22.1.